The highest BCUT2D eigenvalue weighted by atomic mass is 32.1. The molecule has 2 aromatic rings. The summed E-state index contributed by atoms with van der Waals surface area (Å²) in [6.07, 6.45) is 0. The number of hydrogen-bond donors (Lipinski definition) is 1. The van der Waals surface area contributed by atoms with Crippen molar-refractivity contribution in [2.24, 2.45) is 0 Å². The van der Waals surface area contributed by atoms with Crippen molar-refractivity contribution in [3.8, 4) is 0 Å². The van der Waals surface area contributed by atoms with Crippen LogP contribution in [0.15, 0.2) is 41.8 Å². The number of carbonyl (C=O) groups excluding carboxylic acids is 1. The molecule has 0 spiro atoms. The molecule has 0 aliphatic heterocycles. The Morgan fingerprint density at radius 3 is 2.53 bits per heavy atom. The van der Waals surface area contributed by atoms with E-state index >= 15 is 0 Å². The first-order valence-corrected chi connectivity index (χ1v) is 6.46. The van der Waals surface area contributed by atoms with Gasteiger partial charge in [0.15, 0.2) is 0 Å². The number of hydrogen-bond acceptors (Lipinski definition) is 2. The number of amides is 1. The molecule has 1 amide bonds. The van der Waals surface area contributed by atoms with Gasteiger partial charge in [-0.15, -0.1) is 11.3 Å². The predicted octanol–water partition coefficient (Wildman–Crippen LogP) is 3.55. The molecule has 0 saturated heterocycles. The van der Waals surface area contributed by atoms with Crippen LogP contribution in [0, 0.1) is 6.92 Å². The summed E-state index contributed by atoms with van der Waals surface area (Å²) in [4.78, 5) is 13.1. The minimum absolute atomic E-state index is 0.0223. The zero-order valence-electron chi connectivity index (χ0n) is 9.94. The van der Waals surface area contributed by atoms with Crippen LogP contribution < -0.4 is 5.32 Å². The molecular formula is C14H15NOS. The van der Waals surface area contributed by atoms with Gasteiger partial charge in [-0.25, -0.2) is 0 Å². The minimum atomic E-state index is -0.0223. The second kappa shape index (κ2) is 5.15. The molecule has 3 heteroatoms. The smallest absolute Gasteiger partial charge is 0.251 e. The molecule has 0 bridgehead atoms. The molecule has 1 aromatic carbocycles. The fourth-order valence-corrected chi connectivity index (χ4v) is 2.33. The summed E-state index contributed by atoms with van der Waals surface area (Å²) in [6.45, 7) is 4.01. The monoisotopic (exact) mass is 245 g/mol. The highest BCUT2D eigenvalue weighted by Crippen LogP contribution is 2.18. The van der Waals surface area contributed by atoms with Crippen molar-refractivity contribution in [3.63, 3.8) is 0 Å². The van der Waals surface area contributed by atoms with Gasteiger partial charge in [-0.3, -0.25) is 4.79 Å². The third-order valence-electron chi connectivity index (χ3n) is 2.63. The number of nitrogens with one attached hydrogen (secondary N) is 1. The van der Waals surface area contributed by atoms with Crippen LogP contribution in [-0.2, 0) is 0 Å². The predicted molar refractivity (Wildman–Crippen MR) is 71.4 cm³/mol. The Balaban J connectivity index is 2.04. The van der Waals surface area contributed by atoms with Crippen LogP contribution in [0.1, 0.15) is 33.8 Å². The summed E-state index contributed by atoms with van der Waals surface area (Å²) < 4.78 is 0. The maximum absolute atomic E-state index is 12.0. The summed E-state index contributed by atoms with van der Waals surface area (Å²) in [5.74, 6) is -0.0223. The van der Waals surface area contributed by atoms with Crippen molar-refractivity contribution in [1.29, 1.82) is 0 Å². The fraction of sp³-hybridized carbons (Fsp3) is 0.214. The molecule has 0 saturated carbocycles. The van der Waals surface area contributed by atoms with Gasteiger partial charge in [-0.2, -0.15) is 0 Å². The second-order valence-electron chi connectivity index (χ2n) is 4.08. The molecule has 0 aliphatic carbocycles. The quantitative estimate of drug-likeness (QED) is 0.880. The summed E-state index contributed by atoms with van der Waals surface area (Å²) in [7, 11) is 0. The van der Waals surface area contributed by atoms with E-state index in [9.17, 15) is 4.79 Å². The molecule has 0 fully saturated rings. The maximum Gasteiger partial charge on any atom is 0.251 e. The van der Waals surface area contributed by atoms with Gasteiger partial charge in [0.05, 0.1) is 6.04 Å². The summed E-state index contributed by atoms with van der Waals surface area (Å²) in [5, 5.41) is 5.01. The van der Waals surface area contributed by atoms with E-state index in [2.05, 4.69) is 5.32 Å². The maximum atomic E-state index is 12.0. The van der Waals surface area contributed by atoms with Gasteiger partial charge < -0.3 is 5.32 Å². The van der Waals surface area contributed by atoms with Gasteiger partial charge in [0.25, 0.3) is 5.91 Å². The van der Waals surface area contributed by atoms with Crippen LogP contribution in [0.5, 0.6) is 0 Å². The first-order valence-electron chi connectivity index (χ1n) is 5.58. The van der Waals surface area contributed by atoms with E-state index in [1.807, 2.05) is 55.6 Å². The molecule has 1 heterocycles. The molecule has 17 heavy (non-hydrogen) atoms. The van der Waals surface area contributed by atoms with Crippen LogP contribution in [0.2, 0.25) is 0 Å². The van der Waals surface area contributed by atoms with E-state index in [4.69, 9.17) is 0 Å². The number of aryl methyl sites for hydroxylation is 1. The van der Waals surface area contributed by atoms with Crippen LogP contribution in [0.3, 0.4) is 0 Å². The zero-order chi connectivity index (χ0) is 12.3. The van der Waals surface area contributed by atoms with E-state index in [1.165, 1.54) is 4.88 Å². The number of thiophene rings is 1. The highest BCUT2D eigenvalue weighted by Gasteiger charge is 2.11. The van der Waals surface area contributed by atoms with E-state index < -0.39 is 0 Å². The molecular weight excluding hydrogens is 230 g/mol. The average molecular weight is 245 g/mol. The standard InChI is InChI=1S/C14H15NOS/c1-10-5-7-12(8-6-10)14(16)15-11(2)13-4-3-9-17-13/h3-9,11H,1-2H3,(H,15,16)/t11-/m0/s1. The Labute approximate surface area is 105 Å². The van der Waals surface area contributed by atoms with Crippen molar-refractivity contribution < 1.29 is 4.79 Å². The molecule has 0 radical (unpaired) electrons. The minimum Gasteiger partial charge on any atom is -0.345 e. The third kappa shape index (κ3) is 2.94. The summed E-state index contributed by atoms with van der Waals surface area (Å²) in [5.41, 5.74) is 1.87. The zero-order valence-corrected chi connectivity index (χ0v) is 10.8. The first kappa shape index (κ1) is 11.9. The van der Waals surface area contributed by atoms with E-state index in [0.717, 1.165) is 5.56 Å². The van der Waals surface area contributed by atoms with Gasteiger partial charge in [-0.05, 0) is 37.4 Å². The van der Waals surface area contributed by atoms with Gasteiger partial charge in [0.1, 0.15) is 0 Å². The summed E-state index contributed by atoms with van der Waals surface area (Å²) >= 11 is 1.66. The number of rotatable bonds is 3. The largest absolute Gasteiger partial charge is 0.345 e. The normalized spacial score (nSPS) is 12.1. The second-order valence-corrected chi connectivity index (χ2v) is 5.06. The lowest BCUT2D eigenvalue weighted by Gasteiger charge is -2.12. The van der Waals surface area contributed by atoms with Crippen LogP contribution in [-0.4, -0.2) is 5.91 Å². The Kier molecular flexibility index (Phi) is 3.59. The van der Waals surface area contributed by atoms with Gasteiger partial charge in [0.2, 0.25) is 0 Å². The molecule has 2 rings (SSSR count). The SMILES string of the molecule is Cc1ccc(C(=O)N[C@@H](C)c2cccs2)cc1. The van der Waals surface area contributed by atoms with Gasteiger partial charge in [0, 0.05) is 10.4 Å². The summed E-state index contributed by atoms with van der Waals surface area (Å²) in [6, 6.07) is 11.7. The van der Waals surface area contributed by atoms with Crippen molar-refractivity contribution in [2.75, 3.05) is 0 Å². The van der Waals surface area contributed by atoms with E-state index in [1.54, 1.807) is 11.3 Å². The number of benzene rings is 1. The Morgan fingerprint density at radius 1 is 1.24 bits per heavy atom. The topological polar surface area (TPSA) is 29.1 Å². The van der Waals surface area contributed by atoms with Crippen LogP contribution in [0.25, 0.3) is 0 Å². The molecule has 2 nitrogen and oxygen atoms in total. The highest BCUT2D eigenvalue weighted by molar-refractivity contribution is 7.10. The van der Waals surface area contributed by atoms with E-state index in [-0.39, 0.29) is 11.9 Å². The first-order chi connectivity index (χ1) is 8.16. The molecule has 1 aromatic heterocycles. The van der Waals surface area contributed by atoms with Crippen LogP contribution >= 0.6 is 11.3 Å². The average Bonchev–Trinajstić information content (AvgIpc) is 2.83. The van der Waals surface area contributed by atoms with Gasteiger partial charge in [-0.1, -0.05) is 23.8 Å². The number of carbonyl (C=O) groups is 1. The Hall–Kier alpha value is -1.61. The molecule has 1 N–H and O–H groups in total. The Morgan fingerprint density at radius 2 is 1.94 bits per heavy atom. The molecule has 1 atom stereocenters. The van der Waals surface area contributed by atoms with Crippen molar-refractivity contribution in [2.45, 2.75) is 19.9 Å². The lowest BCUT2D eigenvalue weighted by molar-refractivity contribution is 0.0940. The molecule has 0 aliphatic rings. The Bertz CT molecular complexity index is 487. The molecule has 88 valence electrons. The van der Waals surface area contributed by atoms with Crippen molar-refractivity contribution >= 4 is 17.2 Å². The van der Waals surface area contributed by atoms with Crippen molar-refractivity contribution in [3.05, 3.63) is 57.8 Å². The van der Waals surface area contributed by atoms with E-state index in [0.29, 0.717) is 5.56 Å². The fourth-order valence-electron chi connectivity index (χ4n) is 1.59. The third-order valence-corrected chi connectivity index (χ3v) is 3.69. The van der Waals surface area contributed by atoms with Crippen LogP contribution in [0.4, 0.5) is 0 Å². The lowest BCUT2D eigenvalue weighted by atomic mass is 10.1. The lowest BCUT2D eigenvalue weighted by Crippen LogP contribution is -2.25. The van der Waals surface area contributed by atoms with Gasteiger partial charge >= 0.3 is 0 Å². The van der Waals surface area contributed by atoms with Crippen molar-refractivity contribution in [1.82, 2.24) is 5.32 Å². The molecule has 0 unspecified atom stereocenters.